The lowest BCUT2D eigenvalue weighted by Gasteiger charge is -2.42. The van der Waals surface area contributed by atoms with Gasteiger partial charge >= 0.3 is 0 Å². The molecular formula is C11H19NO. The Hall–Kier alpha value is -0.0800. The third kappa shape index (κ3) is 1.31. The van der Waals surface area contributed by atoms with Crippen LogP contribution >= 0.6 is 0 Å². The molecule has 3 aliphatic rings. The van der Waals surface area contributed by atoms with Crippen LogP contribution in [0, 0.1) is 17.8 Å². The van der Waals surface area contributed by atoms with Crippen molar-refractivity contribution in [1.82, 2.24) is 5.48 Å². The molecule has 3 rings (SSSR count). The fourth-order valence-electron chi connectivity index (χ4n) is 3.79. The summed E-state index contributed by atoms with van der Waals surface area (Å²) in [5, 5.41) is 0. The lowest BCUT2D eigenvalue weighted by Crippen LogP contribution is -2.45. The van der Waals surface area contributed by atoms with Crippen LogP contribution in [-0.2, 0) is 4.84 Å². The van der Waals surface area contributed by atoms with Gasteiger partial charge in [-0.25, -0.2) is 5.48 Å². The van der Waals surface area contributed by atoms with Crippen LogP contribution in [0.1, 0.15) is 38.5 Å². The highest BCUT2D eigenvalue weighted by Crippen LogP contribution is 2.47. The predicted molar refractivity (Wildman–Crippen MR) is 51.0 cm³/mol. The first kappa shape index (κ1) is 8.25. The van der Waals surface area contributed by atoms with Crippen LogP contribution in [0.3, 0.4) is 0 Å². The van der Waals surface area contributed by atoms with Gasteiger partial charge in [0.2, 0.25) is 0 Å². The molecule has 2 aliphatic carbocycles. The third-order valence-electron chi connectivity index (χ3n) is 4.38. The van der Waals surface area contributed by atoms with Gasteiger partial charge in [0.25, 0.3) is 0 Å². The molecule has 0 bridgehead atoms. The largest absolute Gasteiger partial charge is 0.298 e. The van der Waals surface area contributed by atoms with Gasteiger partial charge in [0.05, 0.1) is 6.10 Å². The maximum atomic E-state index is 5.64. The summed E-state index contributed by atoms with van der Waals surface area (Å²) in [5.41, 5.74) is 3.06. The molecule has 1 heterocycles. The molecule has 0 aromatic carbocycles. The Morgan fingerprint density at radius 2 is 1.92 bits per heavy atom. The molecule has 0 aromatic rings. The first-order valence-electron chi connectivity index (χ1n) is 5.83. The molecule has 2 saturated carbocycles. The van der Waals surface area contributed by atoms with Crippen molar-refractivity contribution in [2.75, 3.05) is 6.54 Å². The first-order valence-corrected chi connectivity index (χ1v) is 5.83. The fraction of sp³-hybridized carbons (Fsp3) is 1.00. The molecule has 13 heavy (non-hydrogen) atoms. The Labute approximate surface area is 80.0 Å². The summed E-state index contributed by atoms with van der Waals surface area (Å²) in [6.45, 7) is 1.07. The van der Waals surface area contributed by atoms with Crippen molar-refractivity contribution in [3.8, 4) is 0 Å². The summed E-state index contributed by atoms with van der Waals surface area (Å²) in [4.78, 5) is 5.64. The number of nitrogens with one attached hydrogen (secondary N) is 1. The van der Waals surface area contributed by atoms with Crippen LogP contribution in [0.5, 0.6) is 0 Å². The highest BCUT2D eigenvalue weighted by atomic mass is 16.7. The maximum absolute atomic E-state index is 5.64. The minimum Gasteiger partial charge on any atom is -0.298 e. The fourth-order valence-corrected chi connectivity index (χ4v) is 3.79. The maximum Gasteiger partial charge on any atom is 0.0821 e. The second-order valence-corrected chi connectivity index (χ2v) is 4.94. The molecule has 74 valence electrons. The Balaban J connectivity index is 1.77. The van der Waals surface area contributed by atoms with Crippen LogP contribution in [-0.4, -0.2) is 12.6 Å². The molecule has 4 atom stereocenters. The van der Waals surface area contributed by atoms with E-state index in [-0.39, 0.29) is 0 Å². The van der Waals surface area contributed by atoms with E-state index in [1.807, 2.05) is 0 Å². The summed E-state index contributed by atoms with van der Waals surface area (Å²) in [7, 11) is 0. The lowest BCUT2D eigenvalue weighted by atomic mass is 9.70. The van der Waals surface area contributed by atoms with E-state index in [4.69, 9.17) is 4.84 Å². The van der Waals surface area contributed by atoms with E-state index in [1.165, 1.54) is 38.5 Å². The highest BCUT2D eigenvalue weighted by Gasteiger charge is 2.43. The summed E-state index contributed by atoms with van der Waals surface area (Å²) in [5.74, 6) is 2.96. The second kappa shape index (κ2) is 3.25. The monoisotopic (exact) mass is 181 g/mol. The van der Waals surface area contributed by atoms with Gasteiger partial charge < -0.3 is 0 Å². The molecule has 2 nitrogen and oxygen atoms in total. The predicted octanol–water partition coefficient (Wildman–Crippen LogP) is 2.11. The van der Waals surface area contributed by atoms with Gasteiger partial charge in [-0.3, -0.25) is 4.84 Å². The quantitative estimate of drug-likeness (QED) is 0.618. The Kier molecular flexibility index (Phi) is 2.06. The van der Waals surface area contributed by atoms with E-state index < -0.39 is 0 Å². The van der Waals surface area contributed by atoms with Gasteiger partial charge in [0.15, 0.2) is 0 Å². The summed E-state index contributed by atoms with van der Waals surface area (Å²) < 4.78 is 0. The first-order chi connectivity index (χ1) is 6.45. The molecule has 2 heteroatoms. The van der Waals surface area contributed by atoms with Crippen LogP contribution in [0.2, 0.25) is 0 Å². The van der Waals surface area contributed by atoms with Crippen molar-refractivity contribution in [3.05, 3.63) is 0 Å². The zero-order chi connectivity index (χ0) is 8.67. The van der Waals surface area contributed by atoms with Crippen LogP contribution < -0.4 is 5.48 Å². The minimum atomic E-state index is 0.549. The molecule has 0 spiro atoms. The average molecular weight is 181 g/mol. The van der Waals surface area contributed by atoms with Crippen LogP contribution in [0.15, 0.2) is 0 Å². The smallest absolute Gasteiger partial charge is 0.0821 e. The number of hydrogen-bond acceptors (Lipinski definition) is 2. The molecule has 4 unspecified atom stereocenters. The van der Waals surface area contributed by atoms with Gasteiger partial charge in [-0.2, -0.15) is 0 Å². The average Bonchev–Trinajstić information content (AvgIpc) is 2.65. The number of hydroxylamine groups is 1. The minimum absolute atomic E-state index is 0.549. The summed E-state index contributed by atoms with van der Waals surface area (Å²) >= 11 is 0. The third-order valence-corrected chi connectivity index (χ3v) is 4.38. The lowest BCUT2D eigenvalue weighted by molar-refractivity contribution is -0.127. The number of rotatable bonds is 0. The van der Waals surface area contributed by atoms with E-state index in [0.29, 0.717) is 6.10 Å². The van der Waals surface area contributed by atoms with E-state index in [2.05, 4.69) is 5.48 Å². The molecular weight excluding hydrogens is 162 g/mol. The zero-order valence-corrected chi connectivity index (χ0v) is 8.17. The topological polar surface area (TPSA) is 21.3 Å². The van der Waals surface area contributed by atoms with Crippen molar-refractivity contribution in [3.63, 3.8) is 0 Å². The molecule has 1 N–H and O–H groups in total. The summed E-state index contributed by atoms with van der Waals surface area (Å²) in [6, 6.07) is 0. The van der Waals surface area contributed by atoms with Gasteiger partial charge in [-0.15, -0.1) is 0 Å². The second-order valence-electron chi connectivity index (χ2n) is 4.94. The number of hydrogen-bond donors (Lipinski definition) is 1. The molecule has 1 aliphatic heterocycles. The van der Waals surface area contributed by atoms with Gasteiger partial charge in [-0.1, -0.05) is 12.8 Å². The Morgan fingerprint density at radius 1 is 0.923 bits per heavy atom. The van der Waals surface area contributed by atoms with Crippen molar-refractivity contribution < 1.29 is 4.84 Å². The van der Waals surface area contributed by atoms with Gasteiger partial charge in [-0.05, 0) is 43.4 Å². The molecule has 0 aromatic heterocycles. The van der Waals surface area contributed by atoms with Crippen molar-refractivity contribution >= 4 is 0 Å². The highest BCUT2D eigenvalue weighted by molar-refractivity contribution is 4.92. The van der Waals surface area contributed by atoms with E-state index in [0.717, 1.165) is 24.3 Å². The van der Waals surface area contributed by atoms with Crippen molar-refractivity contribution in [2.24, 2.45) is 17.8 Å². The Bertz CT molecular complexity index is 195. The molecule has 1 saturated heterocycles. The summed E-state index contributed by atoms with van der Waals surface area (Å²) in [6.07, 6.45) is 9.09. The van der Waals surface area contributed by atoms with Gasteiger partial charge in [0.1, 0.15) is 0 Å². The molecule has 0 amide bonds. The van der Waals surface area contributed by atoms with Crippen LogP contribution in [0.4, 0.5) is 0 Å². The molecule has 0 radical (unpaired) electrons. The van der Waals surface area contributed by atoms with E-state index in [9.17, 15) is 0 Å². The van der Waals surface area contributed by atoms with E-state index >= 15 is 0 Å². The van der Waals surface area contributed by atoms with Crippen molar-refractivity contribution in [2.45, 2.75) is 44.6 Å². The van der Waals surface area contributed by atoms with Gasteiger partial charge in [0, 0.05) is 6.54 Å². The number of fused-ring (bicyclic) bond motifs is 3. The Morgan fingerprint density at radius 3 is 2.92 bits per heavy atom. The SMILES string of the molecule is C1CC2CCC3ONCCC3C2C1. The van der Waals surface area contributed by atoms with E-state index in [1.54, 1.807) is 0 Å². The van der Waals surface area contributed by atoms with Crippen LogP contribution in [0.25, 0.3) is 0 Å². The molecule has 3 fully saturated rings. The zero-order valence-electron chi connectivity index (χ0n) is 8.17. The van der Waals surface area contributed by atoms with Crippen molar-refractivity contribution in [1.29, 1.82) is 0 Å². The normalized spacial score (nSPS) is 49.8. The standard InChI is InChI=1S/C11H19NO/c1-2-8-4-5-11-10(9(8)3-1)6-7-12-13-11/h8-12H,1-7H2.